The minimum atomic E-state index is -0.619. The molecule has 3 rings (SSSR count). The highest BCUT2D eigenvalue weighted by molar-refractivity contribution is 9.09. The molecule has 0 aliphatic heterocycles. The lowest BCUT2D eigenvalue weighted by Crippen LogP contribution is -2.55. The number of hydrogen-bond acceptors (Lipinski definition) is 3. The van der Waals surface area contributed by atoms with E-state index in [1.807, 2.05) is 0 Å². The number of rotatable bonds is 3. The van der Waals surface area contributed by atoms with Crippen LogP contribution in [-0.4, -0.2) is 15.9 Å². The van der Waals surface area contributed by atoms with E-state index in [9.17, 15) is 14.5 Å². The van der Waals surface area contributed by atoms with E-state index in [0.717, 1.165) is 25.3 Å². The third-order valence-electron chi connectivity index (χ3n) is 4.61. The normalized spacial score (nSPS) is 27.3. The Kier molecular flexibility index (Phi) is 3.44. The van der Waals surface area contributed by atoms with Gasteiger partial charge in [0.1, 0.15) is 11.9 Å². The van der Waals surface area contributed by atoms with E-state index in [2.05, 4.69) is 15.9 Å². The first-order chi connectivity index (χ1) is 9.53. The van der Waals surface area contributed by atoms with Crippen LogP contribution in [0.2, 0.25) is 0 Å². The standard InChI is InChI=1S/C14H15BrFNO3/c15-12-8-13(14(12)5-1-2-6-14)20-11-4-3-9(16)7-10(11)17(18)19/h3-4,7,12-13H,1-2,5-6,8H2. The summed E-state index contributed by atoms with van der Waals surface area (Å²) in [4.78, 5) is 10.8. The summed E-state index contributed by atoms with van der Waals surface area (Å²) in [7, 11) is 0. The first kappa shape index (κ1) is 13.8. The topological polar surface area (TPSA) is 52.4 Å². The molecule has 2 fully saturated rings. The van der Waals surface area contributed by atoms with Gasteiger partial charge in [0.25, 0.3) is 0 Å². The zero-order valence-electron chi connectivity index (χ0n) is 10.9. The summed E-state index contributed by atoms with van der Waals surface area (Å²) >= 11 is 3.68. The summed E-state index contributed by atoms with van der Waals surface area (Å²) in [6.45, 7) is 0. The summed E-state index contributed by atoms with van der Waals surface area (Å²) in [6, 6.07) is 3.48. The number of halogens is 2. The van der Waals surface area contributed by atoms with Gasteiger partial charge in [-0.3, -0.25) is 10.1 Å². The van der Waals surface area contributed by atoms with Crippen molar-refractivity contribution in [2.45, 2.75) is 43.0 Å². The fourth-order valence-corrected chi connectivity index (χ4v) is 4.51. The third-order valence-corrected chi connectivity index (χ3v) is 5.89. The molecule has 0 saturated heterocycles. The van der Waals surface area contributed by atoms with Crippen LogP contribution in [0.25, 0.3) is 0 Å². The molecule has 1 spiro atoms. The molecule has 1 aromatic rings. The molecule has 0 bridgehead atoms. The second-order valence-corrected chi connectivity index (χ2v) is 6.72. The smallest absolute Gasteiger partial charge is 0.313 e. The van der Waals surface area contributed by atoms with Crippen LogP contribution in [-0.2, 0) is 0 Å². The van der Waals surface area contributed by atoms with E-state index in [1.54, 1.807) is 0 Å². The van der Waals surface area contributed by atoms with Gasteiger partial charge in [-0.05, 0) is 31.4 Å². The highest BCUT2D eigenvalue weighted by atomic mass is 79.9. The lowest BCUT2D eigenvalue weighted by atomic mass is 9.64. The van der Waals surface area contributed by atoms with Gasteiger partial charge in [-0.15, -0.1) is 0 Å². The van der Waals surface area contributed by atoms with Gasteiger partial charge < -0.3 is 4.74 Å². The van der Waals surface area contributed by atoms with Crippen LogP contribution in [0.15, 0.2) is 18.2 Å². The first-order valence-corrected chi connectivity index (χ1v) is 7.69. The number of nitro groups is 1. The summed E-state index contributed by atoms with van der Waals surface area (Å²) < 4.78 is 19.0. The number of nitro benzene ring substituents is 1. The van der Waals surface area contributed by atoms with E-state index >= 15 is 0 Å². The van der Waals surface area contributed by atoms with Crippen molar-refractivity contribution in [1.82, 2.24) is 0 Å². The van der Waals surface area contributed by atoms with E-state index in [0.29, 0.717) is 4.83 Å². The molecule has 2 atom stereocenters. The summed E-state index contributed by atoms with van der Waals surface area (Å²) in [5.74, 6) is -0.446. The fraction of sp³-hybridized carbons (Fsp3) is 0.571. The van der Waals surface area contributed by atoms with Crippen molar-refractivity contribution in [3.63, 3.8) is 0 Å². The third kappa shape index (κ3) is 2.10. The number of ether oxygens (including phenoxy) is 1. The summed E-state index contributed by atoms with van der Waals surface area (Å²) in [5, 5.41) is 11.0. The molecule has 0 heterocycles. The van der Waals surface area contributed by atoms with Crippen molar-refractivity contribution < 1.29 is 14.1 Å². The molecular formula is C14H15BrFNO3. The second kappa shape index (κ2) is 4.98. The SMILES string of the molecule is O=[N+]([O-])c1cc(F)ccc1OC1CC(Br)C12CCCC2. The molecule has 108 valence electrons. The molecule has 0 amide bonds. The van der Waals surface area contributed by atoms with Crippen LogP contribution in [0.5, 0.6) is 5.75 Å². The monoisotopic (exact) mass is 343 g/mol. The van der Waals surface area contributed by atoms with Crippen LogP contribution in [0.3, 0.4) is 0 Å². The highest BCUT2D eigenvalue weighted by Gasteiger charge is 2.56. The molecule has 1 aromatic carbocycles. The molecule has 2 unspecified atom stereocenters. The highest BCUT2D eigenvalue weighted by Crippen LogP contribution is 2.58. The first-order valence-electron chi connectivity index (χ1n) is 6.77. The van der Waals surface area contributed by atoms with Gasteiger partial charge in [0.05, 0.1) is 11.0 Å². The van der Waals surface area contributed by atoms with Crippen LogP contribution >= 0.6 is 15.9 Å². The van der Waals surface area contributed by atoms with Crippen molar-refractivity contribution >= 4 is 21.6 Å². The quantitative estimate of drug-likeness (QED) is 0.469. The average Bonchev–Trinajstić information content (AvgIpc) is 2.92. The largest absolute Gasteiger partial charge is 0.483 e. The Morgan fingerprint density at radius 3 is 2.70 bits per heavy atom. The maximum atomic E-state index is 13.1. The predicted octanol–water partition coefficient (Wildman–Crippen LogP) is 4.21. The van der Waals surface area contributed by atoms with Crippen molar-refractivity contribution in [2.75, 3.05) is 0 Å². The van der Waals surface area contributed by atoms with Crippen molar-refractivity contribution in [3.8, 4) is 5.75 Å². The van der Waals surface area contributed by atoms with E-state index in [4.69, 9.17) is 4.74 Å². The number of nitrogens with zero attached hydrogens (tertiary/aromatic N) is 1. The van der Waals surface area contributed by atoms with Crippen LogP contribution in [0.4, 0.5) is 10.1 Å². The van der Waals surface area contributed by atoms with E-state index < -0.39 is 10.7 Å². The van der Waals surface area contributed by atoms with Gasteiger partial charge >= 0.3 is 5.69 Å². The molecular weight excluding hydrogens is 329 g/mol. The molecule has 0 N–H and O–H groups in total. The molecule has 20 heavy (non-hydrogen) atoms. The van der Waals surface area contributed by atoms with Gasteiger partial charge in [0.2, 0.25) is 0 Å². The number of alkyl halides is 1. The maximum absolute atomic E-state index is 13.1. The zero-order valence-corrected chi connectivity index (χ0v) is 12.4. The van der Waals surface area contributed by atoms with E-state index in [1.165, 1.54) is 25.0 Å². The molecule has 2 aliphatic rings. The Morgan fingerprint density at radius 1 is 1.40 bits per heavy atom. The Bertz CT molecular complexity index is 545. The molecule has 2 saturated carbocycles. The Hall–Kier alpha value is -1.17. The van der Waals surface area contributed by atoms with Gasteiger partial charge in [0, 0.05) is 10.2 Å². The Labute approximate surface area is 124 Å². The van der Waals surface area contributed by atoms with Gasteiger partial charge in [-0.25, -0.2) is 4.39 Å². The minimum absolute atomic E-state index is 0.0152. The Morgan fingerprint density at radius 2 is 2.10 bits per heavy atom. The van der Waals surface area contributed by atoms with Crippen LogP contribution in [0.1, 0.15) is 32.1 Å². The predicted molar refractivity (Wildman–Crippen MR) is 75.7 cm³/mol. The fourth-order valence-electron chi connectivity index (χ4n) is 3.42. The minimum Gasteiger partial charge on any atom is -0.483 e. The van der Waals surface area contributed by atoms with Crippen molar-refractivity contribution in [3.05, 3.63) is 34.1 Å². The van der Waals surface area contributed by atoms with Gasteiger partial charge in [0.15, 0.2) is 5.75 Å². The zero-order chi connectivity index (χ0) is 14.3. The summed E-state index contributed by atoms with van der Waals surface area (Å²) in [6.07, 6.45) is 5.35. The molecule has 0 radical (unpaired) electrons. The molecule has 0 aromatic heterocycles. The molecule has 4 nitrogen and oxygen atoms in total. The summed E-state index contributed by atoms with van der Waals surface area (Å²) in [5.41, 5.74) is -0.196. The average molecular weight is 344 g/mol. The Balaban J connectivity index is 1.84. The number of hydrogen-bond donors (Lipinski definition) is 0. The van der Waals surface area contributed by atoms with Gasteiger partial charge in [-0.1, -0.05) is 28.8 Å². The lowest BCUT2D eigenvalue weighted by Gasteiger charge is -2.51. The van der Waals surface area contributed by atoms with E-state index in [-0.39, 0.29) is 23.0 Å². The van der Waals surface area contributed by atoms with Crippen LogP contribution in [0, 0.1) is 21.3 Å². The van der Waals surface area contributed by atoms with Crippen molar-refractivity contribution in [2.24, 2.45) is 5.41 Å². The number of benzene rings is 1. The maximum Gasteiger partial charge on any atom is 0.313 e. The molecule has 2 aliphatic carbocycles. The lowest BCUT2D eigenvalue weighted by molar-refractivity contribution is -0.386. The van der Waals surface area contributed by atoms with Crippen molar-refractivity contribution in [1.29, 1.82) is 0 Å². The second-order valence-electron chi connectivity index (χ2n) is 5.62. The van der Waals surface area contributed by atoms with Crippen LogP contribution < -0.4 is 4.74 Å². The molecule has 6 heteroatoms. The van der Waals surface area contributed by atoms with Gasteiger partial charge in [-0.2, -0.15) is 0 Å².